The molecule has 0 fully saturated rings. The van der Waals surface area contributed by atoms with Crippen LogP contribution in [-0.4, -0.2) is 30.6 Å². The maximum atomic E-state index is 12.3. The van der Waals surface area contributed by atoms with Crippen LogP contribution in [-0.2, 0) is 30.2 Å². The summed E-state index contributed by atoms with van der Waals surface area (Å²) in [7, 11) is 0. The van der Waals surface area contributed by atoms with Crippen LogP contribution in [0.5, 0.6) is 0 Å². The average Bonchev–Trinajstić information content (AvgIpc) is 2.90. The normalized spacial score (nSPS) is 14.6. The van der Waals surface area contributed by atoms with Crippen molar-refractivity contribution < 1.29 is 28.6 Å². The van der Waals surface area contributed by atoms with Crippen LogP contribution in [0.4, 0.5) is 0 Å². The molecule has 1 unspecified atom stereocenters. The van der Waals surface area contributed by atoms with Gasteiger partial charge < -0.3 is 14.2 Å². The summed E-state index contributed by atoms with van der Waals surface area (Å²) in [5.41, 5.74) is 4.25. The largest absolute Gasteiger partial charge is 0.462 e. The first kappa shape index (κ1) is 25.2. The second-order valence-electron chi connectivity index (χ2n) is 7.58. The van der Waals surface area contributed by atoms with Crippen molar-refractivity contribution >= 4 is 29.6 Å². The predicted molar refractivity (Wildman–Crippen MR) is 134 cm³/mol. The highest BCUT2D eigenvalue weighted by Gasteiger charge is 2.13. The van der Waals surface area contributed by atoms with Crippen LogP contribution in [0.15, 0.2) is 98.3 Å². The van der Waals surface area contributed by atoms with Gasteiger partial charge in [-0.2, -0.15) is 0 Å². The number of carbonyl (C=O) groups excluding carboxylic acids is 3. The van der Waals surface area contributed by atoms with Crippen LogP contribution < -0.4 is 0 Å². The van der Waals surface area contributed by atoms with Gasteiger partial charge in [-0.1, -0.05) is 61.7 Å². The van der Waals surface area contributed by atoms with Crippen LogP contribution >= 0.6 is 0 Å². The first-order chi connectivity index (χ1) is 17.0. The fourth-order valence-electron chi connectivity index (χ4n) is 3.26. The molecular formula is C29H26O6. The van der Waals surface area contributed by atoms with Crippen LogP contribution in [0.1, 0.15) is 33.5 Å². The lowest BCUT2D eigenvalue weighted by molar-refractivity contribution is -0.141. The molecule has 0 amide bonds. The van der Waals surface area contributed by atoms with Gasteiger partial charge in [-0.25, -0.2) is 14.4 Å². The lowest BCUT2D eigenvalue weighted by Gasteiger charge is -2.16. The van der Waals surface area contributed by atoms with Crippen molar-refractivity contribution in [3.63, 3.8) is 0 Å². The van der Waals surface area contributed by atoms with Gasteiger partial charge in [0.2, 0.25) is 0 Å². The van der Waals surface area contributed by atoms with Crippen LogP contribution in [0, 0.1) is 0 Å². The summed E-state index contributed by atoms with van der Waals surface area (Å²) >= 11 is 0. The quantitative estimate of drug-likeness (QED) is 0.205. The van der Waals surface area contributed by atoms with Gasteiger partial charge in [0.05, 0.1) is 18.4 Å². The SMILES string of the molecule is C=CC(=O)OCCc1ccc(/C=C/OC(=O)c2ccc(C3=CCC(OC(=O)C=C)C=C3)cc2)cc1. The van der Waals surface area contributed by atoms with E-state index in [-0.39, 0.29) is 12.7 Å². The second kappa shape index (κ2) is 12.7. The van der Waals surface area contributed by atoms with Crippen LogP contribution in [0.2, 0.25) is 0 Å². The number of rotatable bonds is 10. The molecule has 0 spiro atoms. The van der Waals surface area contributed by atoms with Gasteiger partial charge in [0.25, 0.3) is 0 Å². The first-order valence-electron chi connectivity index (χ1n) is 11.1. The van der Waals surface area contributed by atoms with Crippen molar-refractivity contribution in [2.24, 2.45) is 0 Å². The third kappa shape index (κ3) is 7.82. The van der Waals surface area contributed by atoms with Gasteiger partial charge >= 0.3 is 17.9 Å². The minimum Gasteiger partial charge on any atom is -0.462 e. The van der Waals surface area contributed by atoms with Gasteiger partial charge in [0.1, 0.15) is 6.10 Å². The molecular weight excluding hydrogens is 444 g/mol. The number of esters is 3. The van der Waals surface area contributed by atoms with Gasteiger partial charge in [0.15, 0.2) is 0 Å². The molecule has 2 aromatic rings. The highest BCUT2D eigenvalue weighted by atomic mass is 16.5. The Morgan fingerprint density at radius 2 is 1.66 bits per heavy atom. The Bertz CT molecular complexity index is 1170. The second-order valence-corrected chi connectivity index (χ2v) is 7.58. The molecule has 0 bridgehead atoms. The molecule has 6 heteroatoms. The number of ether oxygens (including phenoxy) is 3. The number of carbonyl (C=O) groups is 3. The summed E-state index contributed by atoms with van der Waals surface area (Å²) in [6, 6.07) is 14.7. The van der Waals surface area contributed by atoms with E-state index < -0.39 is 17.9 Å². The molecule has 2 aromatic carbocycles. The zero-order chi connectivity index (χ0) is 25.0. The minimum absolute atomic E-state index is 0.287. The third-order valence-electron chi connectivity index (χ3n) is 5.17. The number of allylic oxidation sites excluding steroid dienone is 2. The Morgan fingerprint density at radius 3 is 2.29 bits per heavy atom. The molecule has 178 valence electrons. The summed E-state index contributed by atoms with van der Waals surface area (Å²) in [5, 5.41) is 0. The zero-order valence-electron chi connectivity index (χ0n) is 19.2. The summed E-state index contributed by atoms with van der Waals surface area (Å²) in [5.74, 6) is -1.35. The lowest BCUT2D eigenvalue weighted by Crippen LogP contribution is -2.15. The van der Waals surface area contributed by atoms with E-state index in [1.807, 2.05) is 54.6 Å². The van der Waals surface area contributed by atoms with E-state index in [0.717, 1.165) is 34.4 Å². The van der Waals surface area contributed by atoms with E-state index in [9.17, 15) is 14.4 Å². The van der Waals surface area contributed by atoms with Crippen molar-refractivity contribution in [3.05, 3.63) is 121 Å². The molecule has 0 radical (unpaired) electrons. The molecule has 1 aliphatic rings. The molecule has 3 rings (SSSR count). The fourth-order valence-corrected chi connectivity index (χ4v) is 3.26. The molecule has 35 heavy (non-hydrogen) atoms. The third-order valence-corrected chi connectivity index (χ3v) is 5.17. The standard InChI is InChI=1S/C29H26O6/c1-3-27(30)33-19-17-21-5-7-22(8-6-21)18-20-34-29(32)25-11-9-23(10-12-25)24-13-15-26(16-14-24)35-28(31)4-2/h3-15,18,20,26H,1-2,16-17,19H2/b20-18+. The van der Waals surface area contributed by atoms with Crippen molar-refractivity contribution in [1.82, 2.24) is 0 Å². The maximum absolute atomic E-state index is 12.3. The number of benzene rings is 2. The van der Waals surface area contributed by atoms with E-state index in [1.54, 1.807) is 18.2 Å². The van der Waals surface area contributed by atoms with E-state index in [1.165, 1.54) is 6.26 Å². The van der Waals surface area contributed by atoms with E-state index >= 15 is 0 Å². The molecule has 0 aromatic heterocycles. The van der Waals surface area contributed by atoms with Crippen molar-refractivity contribution in [2.75, 3.05) is 6.61 Å². The van der Waals surface area contributed by atoms with Gasteiger partial charge in [-0.3, -0.25) is 0 Å². The smallest absolute Gasteiger partial charge is 0.342 e. The monoisotopic (exact) mass is 470 g/mol. The minimum atomic E-state index is -0.460. The molecule has 1 atom stereocenters. The van der Waals surface area contributed by atoms with E-state index in [0.29, 0.717) is 18.4 Å². The summed E-state index contributed by atoms with van der Waals surface area (Å²) in [4.78, 5) is 34.7. The Balaban J connectivity index is 1.48. The molecule has 0 saturated carbocycles. The Morgan fingerprint density at radius 1 is 0.943 bits per heavy atom. The molecule has 0 saturated heterocycles. The summed E-state index contributed by atoms with van der Waals surface area (Å²) in [6.45, 7) is 7.04. The van der Waals surface area contributed by atoms with E-state index in [4.69, 9.17) is 14.2 Å². The lowest BCUT2D eigenvalue weighted by atomic mass is 9.97. The predicted octanol–water partition coefficient (Wildman–Crippen LogP) is 5.23. The highest BCUT2D eigenvalue weighted by Crippen LogP contribution is 2.23. The highest BCUT2D eigenvalue weighted by molar-refractivity contribution is 5.90. The van der Waals surface area contributed by atoms with Crippen molar-refractivity contribution in [2.45, 2.75) is 18.9 Å². The summed E-state index contributed by atoms with van der Waals surface area (Å²) in [6.07, 6.45) is 11.9. The Hall–Kier alpha value is -4.45. The van der Waals surface area contributed by atoms with Crippen LogP contribution in [0.25, 0.3) is 11.6 Å². The van der Waals surface area contributed by atoms with Gasteiger partial charge in [0, 0.05) is 25.0 Å². The topological polar surface area (TPSA) is 78.9 Å². The number of hydrogen-bond acceptors (Lipinski definition) is 6. The van der Waals surface area contributed by atoms with Crippen molar-refractivity contribution in [1.29, 1.82) is 0 Å². The van der Waals surface area contributed by atoms with Gasteiger partial charge in [-0.15, -0.1) is 0 Å². The van der Waals surface area contributed by atoms with Crippen molar-refractivity contribution in [3.8, 4) is 0 Å². The molecule has 0 N–H and O–H groups in total. The molecule has 6 nitrogen and oxygen atoms in total. The first-order valence-corrected chi connectivity index (χ1v) is 11.1. The average molecular weight is 471 g/mol. The Labute approximate surface area is 204 Å². The summed E-state index contributed by atoms with van der Waals surface area (Å²) < 4.78 is 15.4. The molecule has 0 heterocycles. The van der Waals surface area contributed by atoms with E-state index in [2.05, 4.69) is 13.2 Å². The number of hydrogen-bond donors (Lipinski definition) is 0. The zero-order valence-corrected chi connectivity index (χ0v) is 19.2. The van der Waals surface area contributed by atoms with Gasteiger partial charge in [-0.05, 0) is 46.5 Å². The molecule has 0 aliphatic heterocycles. The maximum Gasteiger partial charge on any atom is 0.342 e. The Kier molecular flexibility index (Phi) is 9.14. The molecule has 1 aliphatic carbocycles. The van der Waals surface area contributed by atoms with Crippen LogP contribution in [0.3, 0.4) is 0 Å². The fraction of sp³-hybridized carbons (Fsp3) is 0.138.